The van der Waals surface area contributed by atoms with Crippen LogP contribution in [0.3, 0.4) is 0 Å². The summed E-state index contributed by atoms with van der Waals surface area (Å²) in [5.74, 6) is 5.33. The fraction of sp³-hybridized carbons (Fsp3) is 1.00. The third-order valence-corrected chi connectivity index (χ3v) is 6.77. The van der Waals surface area contributed by atoms with Crippen molar-refractivity contribution in [2.24, 2.45) is 29.6 Å². The zero-order chi connectivity index (χ0) is 15.1. The van der Waals surface area contributed by atoms with Gasteiger partial charge >= 0.3 is 0 Å². The van der Waals surface area contributed by atoms with E-state index >= 15 is 0 Å². The number of rotatable bonds is 7. The molecule has 0 N–H and O–H groups in total. The molecule has 2 saturated carbocycles. The van der Waals surface area contributed by atoms with Crippen molar-refractivity contribution in [3.05, 3.63) is 0 Å². The van der Waals surface area contributed by atoms with Crippen molar-refractivity contribution in [3.63, 3.8) is 0 Å². The van der Waals surface area contributed by atoms with E-state index in [0.29, 0.717) is 0 Å². The first-order valence-electron chi connectivity index (χ1n) is 10.2. The monoisotopic (exact) mass is 292 g/mol. The summed E-state index contributed by atoms with van der Waals surface area (Å²) in [6.07, 6.45) is 19.6. The lowest BCUT2D eigenvalue weighted by Crippen LogP contribution is -2.31. The normalized spacial score (nSPS) is 37.6. The molecule has 0 spiro atoms. The Kier molecular flexibility index (Phi) is 7.61. The van der Waals surface area contributed by atoms with Gasteiger partial charge in [-0.2, -0.15) is 0 Å². The Morgan fingerprint density at radius 2 is 1.29 bits per heavy atom. The van der Waals surface area contributed by atoms with Crippen LogP contribution in [0.15, 0.2) is 0 Å². The lowest BCUT2D eigenvalue weighted by Gasteiger charge is -2.42. The molecule has 2 aliphatic carbocycles. The second-order valence-corrected chi connectivity index (χ2v) is 8.39. The molecule has 2 aliphatic rings. The minimum Gasteiger partial charge on any atom is -0.0654 e. The van der Waals surface area contributed by atoms with E-state index in [0.717, 1.165) is 29.6 Å². The van der Waals surface area contributed by atoms with Crippen LogP contribution in [-0.2, 0) is 0 Å². The minimum atomic E-state index is 1.01. The predicted molar refractivity (Wildman–Crippen MR) is 94.5 cm³/mol. The molecule has 2 fully saturated rings. The third kappa shape index (κ3) is 5.29. The van der Waals surface area contributed by atoms with Gasteiger partial charge in [0.1, 0.15) is 0 Å². The summed E-state index contributed by atoms with van der Waals surface area (Å²) < 4.78 is 0. The van der Waals surface area contributed by atoms with E-state index in [1.807, 2.05) is 0 Å². The first-order valence-corrected chi connectivity index (χ1v) is 10.2. The second-order valence-electron chi connectivity index (χ2n) is 8.39. The van der Waals surface area contributed by atoms with Crippen LogP contribution in [0.25, 0.3) is 0 Å². The maximum Gasteiger partial charge on any atom is -0.0360 e. The molecule has 124 valence electrons. The van der Waals surface area contributed by atoms with Gasteiger partial charge in [-0.25, -0.2) is 0 Å². The molecule has 2 rings (SSSR count). The quantitative estimate of drug-likeness (QED) is 0.464. The first kappa shape index (κ1) is 17.4. The van der Waals surface area contributed by atoms with Gasteiger partial charge in [0, 0.05) is 0 Å². The van der Waals surface area contributed by atoms with E-state index in [9.17, 15) is 0 Å². The Bertz CT molecular complexity index is 261. The molecule has 0 saturated heterocycles. The van der Waals surface area contributed by atoms with Crippen LogP contribution in [0.1, 0.15) is 104 Å². The summed E-state index contributed by atoms with van der Waals surface area (Å²) >= 11 is 0. The van der Waals surface area contributed by atoms with Crippen LogP contribution >= 0.6 is 0 Å². The van der Waals surface area contributed by atoms with E-state index in [1.54, 1.807) is 44.9 Å². The van der Waals surface area contributed by atoms with Crippen LogP contribution in [0.2, 0.25) is 0 Å². The fourth-order valence-corrected chi connectivity index (χ4v) is 5.38. The van der Waals surface area contributed by atoms with Crippen molar-refractivity contribution < 1.29 is 0 Å². The van der Waals surface area contributed by atoms with Gasteiger partial charge in [0.25, 0.3) is 0 Å². The molecule has 0 heteroatoms. The van der Waals surface area contributed by atoms with Gasteiger partial charge in [-0.15, -0.1) is 0 Å². The standard InChI is InChI=1S/C21H40/c1-4-6-8-18-10-13-20(14-11-18)21-15-12-19(9-7-5-2)16-17(21)3/h17-21H,4-16H2,1-3H3. The summed E-state index contributed by atoms with van der Waals surface area (Å²) in [6.45, 7) is 7.25. The molecule has 0 aromatic carbocycles. The molecule has 0 heterocycles. The topological polar surface area (TPSA) is 0 Å². The van der Waals surface area contributed by atoms with E-state index in [4.69, 9.17) is 0 Å². The van der Waals surface area contributed by atoms with Crippen LogP contribution in [0.4, 0.5) is 0 Å². The number of hydrogen-bond donors (Lipinski definition) is 0. The molecular formula is C21H40. The van der Waals surface area contributed by atoms with Crippen LogP contribution in [-0.4, -0.2) is 0 Å². The Balaban J connectivity index is 1.71. The highest BCUT2D eigenvalue weighted by molar-refractivity contribution is 4.85. The summed E-state index contributed by atoms with van der Waals surface area (Å²) in [5.41, 5.74) is 0. The molecule has 0 bridgehead atoms. The van der Waals surface area contributed by atoms with Gasteiger partial charge in [0.15, 0.2) is 0 Å². The maximum absolute atomic E-state index is 2.58. The average Bonchev–Trinajstić information content (AvgIpc) is 2.52. The van der Waals surface area contributed by atoms with Crippen LogP contribution < -0.4 is 0 Å². The van der Waals surface area contributed by atoms with Crippen molar-refractivity contribution in [3.8, 4) is 0 Å². The van der Waals surface area contributed by atoms with E-state index < -0.39 is 0 Å². The summed E-state index contributed by atoms with van der Waals surface area (Å²) in [7, 11) is 0. The Morgan fingerprint density at radius 3 is 1.86 bits per heavy atom. The molecule has 0 aliphatic heterocycles. The Labute approximate surface area is 134 Å². The first-order chi connectivity index (χ1) is 10.2. The summed E-state index contributed by atoms with van der Waals surface area (Å²) in [5, 5.41) is 0. The lowest BCUT2D eigenvalue weighted by molar-refractivity contribution is 0.0920. The van der Waals surface area contributed by atoms with Crippen molar-refractivity contribution in [1.82, 2.24) is 0 Å². The molecule has 3 unspecified atom stereocenters. The summed E-state index contributed by atoms with van der Waals surface area (Å²) in [6, 6.07) is 0. The van der Waals surface area contributed by atoms with Crippen molar-refractivity contribution >= 4 is 0 Å². The van der Waals surface area contributed by atoms with Gasteiger partial charge < -0.3 is 0 Å². The highest BCUT2D eigenvalue weighted by Crippen LogP contribution is 2.45. The van der Waals surface area contributed by atoms with Gasteiger partial charge in [-0.3, -0.25) is 0 Å². The number of hydrogen-bond acceptors (Lipinski definition) is 0. The van der Waals surface area contributed by atoms with Gasteiger partial charge in [0.05, 0.1) is 0 Å². The third-order valence-electron chi connectivity index (χ3n) is 6.77. The molecule has 0 aromatic heterocycles. The van der Waals surface area contributed by atoms with Crippen LogP contribution in [0, 0.1) is 29.6 Å². The smallest absolute Gasteiger partial charge is 0.0360 e. The van der Waals surface area contributed by atoms with Gasteiger partial charge in [-0.1, -0.05) is 78.6 Å². The Morgan fingerprint density at radius 1 is 0.714 bits per heavy atom. The number of unbranched alkanes of at least 4 members (excludes halogenated alkanes) is 2. The second kappa shape index (κ2) is 9.21. The van der Waals surface area contributed by atoms with Crippen molar-refractivity contribution in [2.75, 3.05) is 0 Å². The van der Waals surface area contributed by atoms with Gasteiger partial charge in [0.2, 0.25) is 0 Å². The zero-order valence-electron chi connectivity index (χ0n) is 15.1. The molecule has 21 heavy (non-hydrogen) atoms. The predicted octanol–water partition coefficient (Wildman–Crippen LogP) is 7.23. The minimum absolute atomic E-state index is 1.01. The molecular weight excluding hydrogens is 252 g/mol. The largest absolute Gasteiger partial charge is 0.0654 e. The van der Waals surface area contributed by atoms with E-state index in [-0.39, 0.29) is 0 Å². The summed E-state index contributed by atoms with van der Waals surface area (Å²) in [4.78, 5) is 0. The fourth-order valence-electron chi connectivity index (χ4n) is 5.38. The molecule has 0 aromatic rings. The highest BCUT2D eigenvalue weighted by Gasteiger charge is 2.34. The highest BCUT2D eigenvalue weighted by atomic mass is 14.4. The molecule has 3 atom stereocenters. The van der Waals surface area contributed by atoms with Crippen molar-refractivity contribution in [1.29, 1.82) is 0 Å². The molecule has 0 amide bonds. The molecule has 0 radical (unpaired) electrons. The van der Waals surface area contributed by atoms with Crippen LogP contribution in [0.5, 0.6) is 0 Å². The van der Waals surface area contributed by atoms with Gasteiger partial charge in [-0.05, 0) is 55.3 Å². The average molecular weight is 293 g/mol. The zero-order valence-corrected chi connectivity index (χ0v) is 15.1. The Hall–Kier alpha value is 0. The van der Waals surface area contributed by atoms with E-state index in [1.165, 1.54) is 38.5 Å². The van der Waals surface area contributed by atoms with Crippen molar-refractivity contribution in [2.45, 2.75) is 104 Å². The molecule has 0 nitrogen and oxygen atoms in total. The van der Waals surface area contributed by atoms with E-state index in [2.05, 4.69) is 20.8 Å². The lowest BCUT2D eigenvalue weighted by atomic mass is 9.64. The SMILES string of the molecule is CCCCC1CCC(C2CCC(CCCC)CC2C)CC1. The maximum atomic E-state index is 2.58.